The molecule has 2 aliphatic rings. The quantitative estimate of drug-likeness (QED) is 0.0970. The minimum Gasteiger partial charge on any atom is -0.344 e. The summed E-state index contributed by atoms with van der Waals surface area (Å²) in [6, 6.07) is 19.9. The molecule has 5 rings (SSSR count). The Morgan fingerprint density at radius 1 is 0.952 bits per heavy atom. The number of hydrogen-bond acceptors (Lipinski definition) is 5. The largest absolute Gasteiger partial charge is 0.344 e. The molecule has 0 saturated carbocycles. The van der Waals surface area contributed by atoms with Gasteiger partial charge in [0.2, 0.25) is 5.69 Å². The van der Waals surface area contributed by atoms with Crippen LogP contribution in [-0.4, -0.2) is 42.0 Å². The van der Waals surface area contributed by atoms with Crippen LogP contribution in [0.4, 0.5) is 11.4 Å². The highest BCUT2D eigenvalue weighted by Gasteiger charge is 2.44. The molecule has 0 aromatic heterocycles. The lowest BCUT2D eigenvalue weighted by Gasteiger charge is -2.27. The van der Waals surface area contributed by atoms with Crippen molar-refractivity contribution in [2.24, 2.45) is 0 Å². The van der Waals surface area contributed by atoms with Crippen molar-refractivity contribution in [1.29, 1.82) is 0 Å². The molecular weight excluding hydrogens is 538 g/mol. The second kappa shape index (κ2) is 12.4. The third-order valence-electron chi connectivity index (χ3n) is 8.97. The zero-order valence-corrected chi connectivity index (χ0v) is 27.3. The van der Waals surface area contributed by atoms with Gasteiger partial charge in [0.25, 0.3) is 0 Å². The first-order chi connectivity index (χ1) is 20.1. The lowest BCUT2D eigenvalue weighted by molar-refractivity contribution is -0.401. The monoisotopic (exact) mass is 584 g/mol. The van der Waals surface area contributed by atoms with Crippen LogP contribution in [-0.2, 0) is 20.2 Å². The highest BCUT2D eigenvalue weighted by Crippen LogP contribution is 2.51. The summed E-state index contributed by atoms with van der Waals surface area (Å²) >= 11 is 1.26. The Labute approximate surface area is 256 Å². The smallest absolute Gasteiger partial charge is 0.209 e. The second-order valence-corrected chi connectivity index (χ2v) is 13.1. The van der Waals surface area contributed by atoms with Crippen molar-refractivity contribution in [2.45, 2.75) is 77.0 Å². The minimum absolute atomic E-state index is 0.0989. The van der Waals surface area contributed by atoms with Crippen molar-refractivity contribution in [3.63, 3.8) is 0 Å². The molecular formula is C36H46N3O2S+. The summed E-state index contributed by atoms with van der Waals surface area (Å²) in [6.45, 7) is 18.3. The van der Waals surface area contributed by atoms with Crippen molar-refractivity contribution < 1.29 is 13.9 Å². The Morgan fingerprint density at radius 3 is 2.45 bits per heavy atom. The standard InChI is InChI=1S/C36H46N3O2S/c1-9-12-24-39-31-22-20-26-16-13-14-17-28(26)34(31)36(6,7)33(39)19-15-18-32-35(4,5)29-25-27(21-23-30(29)37(32)8)42-41-40-38(10-2)11-3/h13-23,25H,9-12,24H2,1-8H3/q+1. The van der Waals surface area contributed by atoms with E-state index >= 15 is 0 Å². The first-order valence-corrected chi connectivity index (χ1v) is 16.1. The molecule has 6 heteroatoms. The number of hydroxylamine groups is 2. The van der Waals surface area contributed by atoms with Crippen molar-refractivity contribution in [2.75, 3.05) is 31.6 Å². The van der Waals surface area contributed by atoms with E-state index in [2.05, 4.69) is 124 Å². The van der Waals surface area contributed by atoms with Gasteiger partial charge in [-0.05, 0) is 74.7 Å². The fraction of sp³-hybridized carbons (Fsp3) is 0.417. The van der Waals surface area contributed by atoms with Crippen LogP contribution in [0.1, 0.15) is 72.4 Å². The van der Waals surface area contributed by atoms with Gasteiger partial charge in [-0.1, -0.05) is 63.6 Å². The van der Waals surface area contributed by atoms with Crippen LogP contribution in [0.2, 0.25) is 0 Å². The maximum atomic E-state index is 5.47. The first kappa shape index (κ1) is 30.6. The Morgan fingerprint density at radius 2 is 1.71 bits per heavy atom. The summed E-state index contributed by atoms with van der Waals surface area (Å²) in [6.07, 6.45) is 9.25. The fourth-order valence-electron chi connectivity index (χ4n) is 6.62. The molecule has 3 aromatic rings. The molecule has 2 heterocycles. The molecule has 222 valence electrons. The first-order valence-electron chi connectivity index (χ1n) is 15.4. The van der Waals surface area contributed by atoms with Crippen molar-refractivity contribution in [3.8, 4) is 0 Å². The van der Waals surface area contributed by atoms with Gasteiger partial charge in [0.05, 0.1) is 17.5 Å². The summed E-state index contributed by atoms with van der Waals surface area (Å²) in [5.41, 5.74) is 7.69. The summed E-state index contributed by atoms with van der Waals surface area (Å²) in [4.78, 5) is 9.00. The van der Waals surface area contributed by atoms with E-state index in [1.807, 2.05) is 13.8 Å². The molecule has 0 N–H and O–H groups in total. The van der Waals surface area contributed by atoms with Crippen LogP contribution < -0.4 is 4.90 Å². The SMILES string of the molecule is CCCCN1/C(=C/C=C/C2=[N+](C)c3ccc(SOON(CC)CC)cc3C2(C)C)C(C)(C)c2c1ccc1ccccc21. The molecule has 0 aliphatic carbocycles. The van der Waals surface area contributed by atoms with E-state index in [9.17, 15) is 0 Å². The molecule has 0 bridgehead atoms. The molecule has 0 radical (unpaired) electrons. The molecule has 42 heavy (non-hydrogen) atoms. The third-order valence-corrected chi connectivity index (χ3v) is 9.55. The van der Waals surface area contributed by atoms with Gasteiger partial charge in [-0.2, -0.15) is 9.64 Å². The van der Waals surface area contributed by atoms with Crippen LogP contribution in [0.3, 0.4) is 0 Å². The Balaban J connectivity index is 1.43. The van der Waals surface area contributed by atoms with E-state index in [1.54, 1.807) is 5.06 Å². The fourth-order valence-corrected chi connectivity index (χ4v) is 7.10. The summed E-state index contributed by atoms with van der Waals surface area (Å²) < 4.78 is 7.80. The zero-order valence-electron chi connectivity index (χ0n) is 26.5. The molecule has 5 nitrogen and oxygen atoms in total. The van der Waals surface area contributed by atoms with E-state index in [-0.39, 0.29) is 10.8 Å². The van der Waals surface area contributed by atoms with Gasteiger partial charge in [0.1, 0.15) is 7.05 Å². The van der Waals surface area contributed by atoms with E-state index in [0.717, 1.165) is 31.0 Å². The topological polar surface area (TPSA) is 28.0 Å². The average molecular weight is 585 g/mol. The zero-order chi connectivity index (χ0) is 30.1. The van der Waals surface area contributed by atoms with Gasteiger partial charge in [-0.15, -0.1) is 9.32 Å². The Kier molecular flexibility index (Phi) is 9.00. The number of benzene rings is 3. The number of nitrogens with zero attached hydrogens (tertiary/aromatic N) is 3. The third kappa shape index (κ3) is 5.46. The van der Waals surface area contributed by atoms with Gasteiger partial charge in [-0.3, -0.25) is 0 Å². The molecule has 0 fully saturated rings. The van der Waals surface area contributed by atoms with Crippen LogP contribution >= 0.6 is 12.0 Å². The number of unbranched alkanes of at least 4 members (excludes halogenated alkanes) is 1. The van der Waals surface area contributed by atoms with Gasteiger partial charge in [-0.25, -0.2) is 0 Å². The predicted octanol–water partition coefficient (Wildman–Crippen LogP) is 9.10. The van der Waals surface area contributed by atoms with E-state index in [0.29, 0.717) is 0 Å². The maximum absolute atomic E-state index is 5.47. The molecule has 0 saturated heterocycles. The van der Waals surface area contributed by atoms with Crippen LogP contribution in [0.25, 0.3) is 10.8 Å². The molecule has 0 atom stereocenters. The number of fused-ring (bicyclic) bond motifs is 4. The molecule has 3 aromatic carbocycles. The van der Waals surface area contributed by atoms with Crippen LogP contribution in [0.5, 0.6) is 0 Å². The Bertz CT molecular complexity index is 1550. The highest BCUT2D eigenvalue weighted by molar-refractivity contribution is 7.94. The summed E-state index contributed by atoms with van der Waals surface area (Å²) in [7, 11) is 2.17. The minimum atomic E-state index is -0.151. The molecule has 2 aliphatic heterocycles. The van der Waals surface area contributed by atoms with Crippen molar-refractivity contribution in [1.82, 2.24) is 5.06 Å². The average Bonchev–Trinajstić information content (AvgIpc) is 3.32. The van der Waals surface area contributed by atoms with Crippen LogP contribution in [0.15, 0.2) is 83.4 Å². The highest BCUT2D eigenvalue weighted by atomic mass is 32.2. The van der Waals surface area contributed by atoms with E-state index in [4.69, 9.17) is 9.32 Å². The summed E-state index contributed by atoms with van der Waals surface area (Å²) in [5, 5.41) is 4.44. The van der Waals surface area contributed by atoms with E-state index in [1.165, 1.54) is 63.1 Å². The normalized spacial score (nSPS) is 18.2. The number of hydrogen-bond donors (Lipinski definition) is 0. The number of anilines is 1. The van der Waals surface area contributed by atoms with Gasteiger partial charge in [0.15, 0.2) is 5.71 Å². The summed E-state index contributed by atoms with van der Waals surface area (Å²) in [5.74, 6) is 0. The second-order valence-electron chi connectivity index (χ2n) is 12.3. The van der Waals surface area contributed by atoms with Crippen molar-refractivity contribution >= 4 is 39.9 Å². The lowest BCUT2D eigenvalue weighted by atomic mass is 9.80. The van der Waals surface area contributed by atoms with Crippen molar-refractivity contribution in [3.05, 3.63) is 89.6 Å². The maximum Gasteiger partial charge on any atom is 0.209 e. The molecule has 0 unspecified atom stereocenters. The van der Waals surface area contributed by atoms with Gasteiger partial charge >= 0.3 is 0 Å². The lowest BCUT2D eigenvalue weighted by Crippen LogP contribution is -2.27. The molecule has 0 amide bonds. The number of rotatable bonds is 11. The predicted molar refractivity (Wildman–Crippen MR) is 178 cm³/mol. The molecule has 0 spiro atoms. The van der Waals surface area contributed by atoms with Gasteiger partial charge < -0.3 is 4.90 Å². The Hall–Kier alpha value is -2.90. The van der Waals surface area contributed by atoms with E-state index < -0.39 is 0 Å². The van der Waals surface area contributed by atoms with Crippen LogP contribution in [0, 0.1) is 0 Å². The van der Waals surface area contributed by atoms with Gasteiger partial charge in [0, 0.05) is 59.0 Å². The number of allylic oxidation sites excluding steroid dienone is 4.